The molecule has 0 aromatic heterocycles. The minimum absolute atomic E-state index is 0.0760. The molecule has 3 heterocycles. The molecule has 4 rings (SSSR count). The van der Waals surface area contributed by atoms with Crippen LogP contribution in [0.15, 0.2) is 22.5 Å². The van der Waals surface area contributed by atoms with Crippen LogP contribution in [0.5, 0.6) is 0 Å². The van der Waals surface area contributed by atoms with Gasteiger partial charge in [-0.15, -0.1) is 0 Å². The molecule has 1 aliphatic carbocycles. The van der Waals surface area contributed by atoms with Gasteiger partial charge in [-0.3, -0.25) is 14.5 Å². The first-order valence-electron chi connectivity index (χ1n) is 9.31. The zero-order chi connectivity index (χ0) is 20.8. The second-order valence-electron chi connectivity index (χ2n) is 6.63. The first-order valence-corrected chi connectivity index (χ1v) is 7.81. The summed E-state index contributed by atoms with van der Waals surface area (Å²) in [5.74, 6) is -1.88. The number of primary amides is 1. The van der Waals surface area contributed by atoms with E-state index in [1.165, 1.54) is 18.9 Å². The number of nitrogens with zero attached hydrogens (tertiary/aromatic N) is 2. The molecule has 1 amide bonds. The molecule has 1 unspecified atom stereocenters. The largest absolute Gasteiger partial charge is 0.449 e. The number of hydrogen-bond donors (Lipinski definition) is 2. The van der Waals surface area contributed by atoms with Gasteiger partial charge in [0.25, 0.3) is 0 Å². The first kappa shape index (κ1) is 12.9. The molecule has 0 aromatic rings. The molecule has 25 heavy (non-hydrogen) atoms. The Kier molecular flexibility index (Phi) is 2.49. The van der Waals surface area contributed by atoms with Crippen molar-refractivity contribution < 1.29 is 28.0 Å². The van der Waals surface area contributed by atoms with Crippen molar-refractivity contribution in [3.63, 3.8) is 0 Å². The lowest BCUT2D eigenvalue weighted by Crippen LogP contribution is -2.55. The Hall–Kier alpha value is -2.39. The van der Waals surface area contributed by atoms with Crippen molar-refractivity contribution in [2.24, 2.45) is 17.4 Å². The summed E-state index contributed by atoms with van der Waals surface area (Å²) >= 11 is 0. The molecular formula is C16H20N4O5. The van der Waals surface area contributed by atoms with Crippen molar-refractivity contribution in [1.82, 2.24) is 9.80 Å². The molecule has 2 fully saturated rings. The Morgan fingerprint density at radius 1 is 1.44 bits per heavy atom. The number of likely N-dealkylation sites (N-methyl/N-ethyl adjacent to an activating group) is 1. The molecule has 0 bridgehead atoms. The average molecular weight is 351 g/mol. The van der Waals surface area contributed by atoms with Crippen LogP contribution in [0.2, 0.25) is 0 Å². The molecule has 0 spiro atoms. The molecule has 9 heteroatoms. The van der Waals surface area contributed by atoms with Crippen LogP contribution in [0.1, 0.15) is 11.0 Å². The molecule has 0 radical (unpaired) electrons. The van der Waals surface area contributed by atoms with Crippen LogP contribution in [0, 0.1) is 5.92 Å². The van der Waals surface area contributed by atoms with Gasteiger partial charge >= 0.3 is 6.09 Å². The lowest BCUT2D eigenvalue weighted by molar-refractivity contribution is -0.144. The number of ketones is 2. The van der Waals surface area contributed by atoms with Gasteiger partial charge < -0.3 is 25.8 Å². The second-order valence-corrected chi connectivity index (χ2v) is 6.63. The normalized spacial score (nSPS) is 41.0. The lowest BCUT2D eigenvalue weighted by Gasteiger charge is -2.40. The molecule has 9 nitrogen and oxygen atoms in total. The summed E-state index contributed by atoms with van der Waals surface area (Å²) in [5, 5.41) is 0. The van der Waals surface area contributed by atoms with Crippen LogP contribution in [0.3, 0.4) is 0 Å². The number of Topliss-reactive ketones (excluding diaryl/α,β-unsaturated/α-hetero) is 2. The van der Waals surface area contributed by atoms with E-state index < -0.39 is 42.3 Å². The Bertz CT molecular complexity index is 882. The Balaban J connectivity index is 1.84. The van der Waals surface area contributed by atoms with Crippen LogP contribution in [-0.2, 0) is 19.1 Å². The minimum Gasteiger partial charge on any atom is -0.449 e. The van der Waals surface area contributed by atoms with Gasteiger partial charge in [-0.2, -0.15) is 0 Å². The fraction of sp³-hybridized carbons (Fsp3) is 0.562. The molecule has 5 atom stereocenters. The fourth-order valence-corrected chi connectivity index (χ4v) is 4.48. The van der Waals surface area contributed by atoms with Gasteiger partial charge in [-0.1, -0.05) is 0 Å². The number of ether oxygens (including phenoxy) is 2. The van der Waals surface area contributed by atoms with Gasteiger partial charge in [0.05, 0.1) is 23.4 Å². The highest BCUT2D eigenvalue weighted by molar-refractivity contribution is 6.25. The number of fused-ring (bicyclic) bond motifs is 4. The molecule has 4 aliphatic rings. The Labute approximate surface area is 148 Å². The predicted octanol–water partition coefficient (Wildman–Crippen LogP) is -1.31. The number of nitrogens with two attached hydrogens (primary N) is 2. The molecule has 134 valence electrons. The summed E-state index contributed by atoms with van der Waals surface area (Å²) in [7, 11) is 1.37. The number of carbonyl (C=O) groups is 3. The lowest BCUT2D eigenvalue weighted by atomic mass is 9.82. The third-order valence-electron chi connectivity index (χ3n) is 5.69. The third kappa shape index (κ3) is 1.72. The highest BCUT2D eigenvalue weighted by Gasteiger charge is 2.75. The summed E-state index contributed by atoms with van der Waals surface area (Å²) < 4.78 is 34.0. The van der Waals surface area contributed by atoms with E-state index in [1.54, 1.807) is 4.90 Å². The van der Waals surface area contributed by atoms with Gasteiger partial charge in [0.2, 0.25) is 11.6 Å². The maximum Gasteiger partial charge on any atom is 0.404 e. The molecular weight excluding hydrogens is 328 g/mol. The highest BCUT2D eigenvalue weighted by Crippen LogP contribution is 2.59. The van der Waals surface area contributed by atoms with Crippen LogP contribution in [-0.4, -0.2) is 72.5 Å². The summed E-state index contributed by atoms with van der Waals surface area (Å²) in [4.78, 5) is 40.0. The Morgan fingerprint density at radius 3 is 2.76 bits per heavy atom. The van der Waals surface area contributed by atoms with Crippen LogP contribution >= 0.6 is 0 Å². The van der Waals surface area contributed by atoms with Crippen molar-refractivity contribution >= 4 is 17.7 Å². The van der Waals surface area contributed by atoms with E-state index in [9.17, 15) is 14.4 Å². The summed E-state index contributed by atoms with van der Waals surface area (Å²) in [5.41, 5.74) is 9.74. The SMILES string of the molecule is [2H]C([2H])([2H])N1[C@H]2[C@@H]1CN1C3=C(C(=O)C(N)=C(C)C3=O)[C@@H](COC(N)=O)[C@@]21OC. The predicted molar refractivity (Wildman–Crippen MR) is 84.7 cm³/mol. The first-order chi connectivity index (χ1) is 13.0. The number of carbonyl (C=O) groups excluding carboxylic acids is 3. The van der Waals surface area contributed by atoms with Gasteiger partial charge in [-0.05, 0) is 13.9 Å². The van der Waals surface area contributed by atoms with Crippen molar-refractivity contribution in [3.8, 4) is 0 Å². The molecule has 4 N–H and O–H groups in total. The Morgan fingerprint density at radius 2 is 2.16 bits per heavy atom. The fourth-order valence-electron chi connectivity index (χ4n) is 4.48. The zero-order valence-corrected chi connectivity index (χ0v) is 13.7. The van der Waals surface area contributed by atoms with E-state index in [4.69, 9.17) is 25.1 Å². The number of methoxy groups -OCH3 is 1. The smallest absolute Gasteiger partial charge is 0.404 e. The van der Waals surface area contributed by atoms with E-state index in [2.05, 4.69) is 0 Å². The average Bonchev–Trinajstić information content (AvgIpc) is 3.15. The van der Waals surface area contributed by atoms with Crippen molar-refractivity contribution in [1.29, 1.82) is 0 Å². The number of hydrogen-bond acceptors (Lipinski definition) is 8. The van der Waals surface area contributed by atoms with Crippen molar-refractivity contribution in [2.45, 2.75) is 24.7 Å². The molecule has 2 saturated heterocycles. The van der Waals surface area contributed by atoms with E-state index in [0.717, 1.165) is 0 Å². The van der Waals surface area contributed by atoms with E-state index >= 15 is 0 Å². The second kappa shape index (κ2) is 4.83. The molecule has 0 saturated carbocycles. The minimum atomic E-state index is -2.37. The maximum absolute atomic E-state index is 12.9. The topological polar surface area (TPSA) is 128 Å². The standard InChI is InChI=1S/C16H20N4O5/c1-6-10(17)13(22)9-7(5-25-15(18)23)16(24-3)14-8(19(14)2)4-20(16)11(9)12(6)21/h7-8,14H,4-5,17H2,1-3H3,(H2,18,23)/t7-,8+,14+,16-,19?/m1/s1/i2D3. The van der Waals surface area contributed by atoms with Crippen molar-refractivity contribution in [2.75, 3.05) is 27.2 Å². The summed E-state index contributed by atoms with van der Waals surface area (Å²) in [6.45, 7) is -1.06. The number of amides is 1. The maximum atomic E-state index is 12.9. The third-order valence-corrected chi connectivity index (χ3v) is 5.69. The van der Waals surface area contributed by atoms with Gasteiger partial charge in [0, 0.05) is 35.0 Å². The van der Waals surface area contributed by atoms with E-state index in [-0.39, 0.29) is 41.7 Å². The van der Waals surface area contributed by atoms with E-state index in [0.29, 0.717) is 0 Å². The number of rotatable bonds is 3. The summed E-state index contributed by atoms with van der Waals surface area (Å²) in [6, 6.07) is -0.997. The van der Waals surface area contributed by atoms with E-state index in [1.807, 2.05) is 0 Å². The van der Waals surface area contributed by atoms with Crippen LogP contribution in [0.4, 0.5) is 4.79 Å². The molecule has 0 aromatic carbocycles. The quantitative estimate of drug-likeness (QED) is 0.474. The number of allylic oxidation sites excluding steroid dienone is 2. The zero-order valence-electron chi connectivity index (χ0n) is 16.7. The van der Waals surface area contributed by atoms with Crippen LogP contribution < -0.4 is 11.5 Å². The van der Waals surface area contributed by atoms with Gasteiger partial charge in [0.1, 0.15) is 6.61 Å². The van der Waals surface area contributed by atoms with Crippen LogP contribution in [0.25, 0.3) is 0 Å². The highest BCUT2D eigenvalue weighted by atomic mass is 16.6. The van der Waals surface area contributed by atoms with Gasteiger partial charge in [0.15, 0.2) is 5.72 Å². The molecule has 3 aliphatic heterocycles. The summed E-state index contributed by atoms with van der Waals surface area (Å²) in [6.07, 6.45) is -1.06. The monoisotopic (exact) mass is 351 g/mol. The van der Waals surface area contributed by atoms with Crippen molar-refractivity contribution in [3.05, 3.63) is 22.5 Å². The number of piperazine rings is 1. The van der Waals surface area contributed by atoms with Gasteiger partial charge in [-0.25, -0.2) is 4.79 Å².